The van der Waals surface area contributed by atoms with Gasteiger partial charge in [-0.15, -0.1) is 0 Å². The summed E-state index contributed by atoms with van der Waals surface area (Å²) < 4.78 is 0. The highest BCUT2D eigenvalue weighted by Gasteiger charge is 2.27. The lowest BCUT2D eigenvalue weighted by Crippen LogP contribution is -2.45. The highest BCUT2D eigenvalue weighted by atomic mass is 16.4. The first-order valence-electron chi connectivity index (χ1n) is 5.01. The Morgan fingerprint density at radius 3 is 2.29 bits per heavy atom. The Kier molecular flexibility index (Phi) is 3.63. The van der Waals surface area contributed by atoms with Gasteiger partial charge < -0.3 is 5.11 Å². The van der Waals surface area contributed by atoms with Gasteiger partial charge in [0.25, 0.3) is 0 Å². The number of hydrogen-bond donors (Lipinski definition) is 1. The van der Waals surface area contributed by atoms with Crippen LogP contribution in [-0.2, 0) is 9.59 Å². The van der Waals surface area contributed by atoms with E-state index in [1.165, 1.54) is 0 Å². The Morgan fingerprint density at radius 1 is 1.36 bits per heavy atom. The minimum absolute atomic E-state index is 0.0144. The molecule has 0 bridgehead atoms. The molecule has 2 atom stereocenters. The summed E-state index contributed by atoms with van der Waals surface area (Å²) in [6.07, 6.45) is 1.13. The molecule has 2 unspecified atom stereocenters. The van der Waals surface area contributed by atoms with Crippen LogP contribution in [0.3, 0.4) is 0 Å². The third kappa shape index (κ3) is 2.54. The predicted octanol–water partition coefficient (Wildman–Crippen LogP) is 0.760. The third-order valence-electron chi connectivity index (χ3n) is 3.04. The van der Waals surface area contributed by atoms with Gasteiger partial charge in [0.2, 0.25) is 0 Å². The minimum atomic E-state index is -0.769. The Balaban J connectivity index is 2.48. The van der Waals surface area contributed by atoms with Crippen LogP contribution in [0.4, 0.5) is 0 Å². The summed E-state index contributed by atoms with van der Waals surface area (Å²) in [5.74, 6) is -0.853. The average Bonchev–Trinajstić information content (AvgIpc) is 2.16. The number of piperidine rings is 1. The molecule has 4 nitrogen and oxygen atoms in total. The molecule has 1 fully saturated rings. The lowest BCUT2D eigenvalue weighted by molar-refractivity contribution is -0.143. The summed E-state index contributed by atoms with van der Waals surface area (Å²) in [6, 6.07) is 0.0144. The zero-order valence-corrected chi connectivity index (χ0v) is 8.69. The van der Waals surface area contributed by atoms with E-state index in [1.54, 1.807) is 6.92 Å². The molecule has 0 aromatic heterocycles. The molecule has 1 saturated heterocycles. The van der Waals surface area contributed by atoms with Crippen LogP contribution in [0.25, 0.3) is 0 Å². The Hall–Kier alpha value is -0.900. The first kappa shape index (κ1) is 11.2. The van der Waals surface area contributed by atoms with Gasteiger partial charge in [0.15, 0.2) is 0 Å². The molecule has 0 amide bonds. The van der Waals surface area contributed by atoms with Gasteiger partial charge in [-0.2, -0.15) is 0 Å². The quantitative estimate of drug-likeness (QED) is 0.729. The number of carbonyl (C=O) groups excluding carboxylic acids is 1. The Labute approximate surface area is 83.9 Å². The number of aliphatic carboxylic acids is 1. The van der Waals surface area contributed by atoms with Crippen molar-refractivity contribution in [2.45, 2.75) is 32.7 Å². The van der Waals surface area contributed by atoms with Crippen LogP contribution in [0.2, 0.25) is 0 Å². The number of carboxylic acids is 1. The molecule has 1 aliphatic heterocycles. The first-order valence-corrected chi connectivity index (χ1v) is 5.01. The van der Waals surface area contributed by atoms with Crippen molar-refractivity contribution in [1.29, 1.82) is 0 Å². The SMILES string of the molecule is CC(C(=O)O)C(C)N1CCC(=O)CC1. The molecule has 80 valence electrons. The van der Waals surface area contributed by atoms with E-state index in [0.29, 0.717) is 25.9 Å². The van der Waals surface area contributed by atoms with Crippen LogP contribution in [0.1, 0.15) is 26.7 Å². The van der Waals surface area contributed by atoms with E-state index >= 15 is 0 Å². The molecule has 1 N–H and O–H groups in total. The molecule has 0 aromatic rings. The van der Waals surface area contributed by atoms with Gasteiger partial charge in [0.05, 0.1) is 5.92 Å². The predicted molar refractivity (Wildman–Crippen MR) is 52.1 cm³/mol. The molecule has 1 heterocycles. The number of nitrogens with zero attached hydrogens (tertiary/aromatic N) is 1. The standard InChI is InChI=1S/C10H17NO3/c1-7(10(13)14)8(2)11-5-3-9(12)4-6-11/h7-8H,3-6H2,1-2H3,(H,13,14). The van der Waals surface area contributed by atoms with E-state index < -0.39 is 5.97 Å². The number of likely N-dealkylation sites (tertiary alicyclic amines) is 1. The molecule has 1 rings (SSSR count). The number of carboxylic acid groups (broad SMARTS) is 1. The van der Waals surface area contributed by atoms with Crippen molar-refractivity contribution >= 4 is 11.8 Å². The summed E-state index contributed by atoms with van der Waals surface area (Å²) in [5.41, 5.74) is 0. The van der Waals surface area contributed by atoms with Gasteiger partial charge in [-0.05, 0) is 6.92 Å². The van der Waals surface area contributed by atoms with E-state index in [0.717, 1.165) is 0 Å². The van der Waals surface area contributed by atoms with E-state index in [-0.39, 0.29) is 17.7 Å². The third-order valence-corrected chi connectivity index (χ3v) is 3.04. The molecular formula is C10H17NO3. The Morgan fingerprint density at radius 2 is 1.86 bits per heavy atom. The zero-order chi connectivity index (χ0) is 10.7. The number of Topliss-reactive ketones (excluding diaryl/α,β-unsaturated/α-hetero) is 1. The van der Waals surface area contributed by atoms with Gasteiger partial charge in [-0.3, -0.25) is 14.5 Å². The maximum Gasteiger partial charge on any atom is 0.307 e. The van der Waals surface area contributed by atoms with Crippen molar-refractivity contribution in [3.63, 3.8) is 0 Å². The molecule has 0 spiro atoms. The first-order chi connectivity index (χ1) is 6.52. The average molecular weight is 199 g/mol. The highest BCUT2D eigenvalue weighted by molar-refractivity contribution is 5.79. The van der Waals surface area contributed by atoms with Crippen molar-refractivity contribution in [2.24, 2.45) is 5.92 Å². The maximum absolute atomic E-state index is 11.0. The van der Waals surface area contributed by atoms with Crippen molar-refractivity contribution in [1.82, 2.24) is 4.90 Å². The van der Waals surface area contributed by atoms with E-state index in [1.807, 2.05) is 6.92 Å². The van der Waals surface area contributed by atoms with Crippen molar-refractivity contribution in [3.05, 3.63) is 0 Å². The number of ketones is 1. The van der Waals surface area contributed by atoms with Crippen LogP contribution in [0.5, 0.6) is 0 Å². The summed E-state index contributed by atoms with van der Waals surface area (Å²) in [7, 11) is 0. The largest absolute Gasteiger partial charge is 0.481 e. The van der Waals surface area contributed by atoms with Crippen molar-refractivity contribution in [2.75, 3.05) is 13.1 Å². The molecule has 0 aromatic carbocycles. The van der Waals surface area contributed by atoms with Crippen molar-refractivity contribution in [3.8, 4) is 0 Å². The molecule has 14 heavy (non-hydrogen) atoms. The van der Waals surface area contributed by atoms with Gasteiger partial charge in [0.1, 0.15) is 5.78 Å². The summed E-state index contributed by atoms with van der Waals surface area (Å²) >= 11 is 0. The van der Waals surface area contributed by atoms with Gasteiger partial charge in [-0.25, -0.2) is 0 Å². The van der Waals surface area contributed by atoms with Gasteiger partial charge in [-0.1, -0.05) is 6.92 Å². The fraction of sp³-hybridized carbons (Fsp3) is 0.800. The smallest absolute Gasteiger partial charge is 0.307 e. The number of hydrogen-bond acceptors (Lipinski definition) is 3. The number of rotatable bonds is 3. The second kappa shape index (κ2) is 4.55. The molecule has 0 radical (unpaired) electrons. The summed E-state index contributed by atoms with van der Waals surface area (Å²) in [6.45, 7) is 5.03. The second-order valence-electron chi connectivity index (χ2n) is 3.94. The number of carbonyl (C=O) groups is 2. The maximum atomic E-state index is 11.0. The Bertz CT molecular complexity index is 230. The monoisotopic (exact) mass is 199 g/mol. The fourth-order valence-electron chi connectivity index (χ4n) is 1.70. The van der Waals surface area contributed by atoms with Crippen LogP contribution in [0.15, 0.2) is 0 Å². The van der Waals surface area contributed by atoms with Gasteiger partial charge >= 0.3 is 5.97 Å². The zero-order valence-electron chi connectivity index (χ0n) is 8.69. The lowest BCUT2D eigenvalue weighted by atomic mass is 9.99. The van der Waals surface area contributed by atoms with Crippen LogP contribution in [0, 0.1) is 5.92 Å². The van der Waals surface area contributed by atoms with Crippen LogP contribution in [-0.4, -0.2) is 40.9 Å². The minimum Gasteiger partial charge on any atom is -0.481 e. The van der Waals surface area contributed by atoms with E-state index in [9.17, 15) is 9.59 Å². The van der Waals surface area contributed by atoms with Crippen LogP contribution < -0.4 is 0 Å². The second-order valence-corrected chi connectivity index (χ2v) is 3.94. The normalized spacial score (nSPS) is 23.1. The fourth-order valence-corrected chi connectivity index (χ4v) is 1.70. The van der Waals surface area contributed by atoms with E-state index in [2.05, 4.69) is 4.90 Å². The lowest BCUT2D eigenvalue weighted by Gasteiger charge is -2.33. The van der Waals surface area contributed by atoms with Crippen molar-refractivity contribution < 1.29 is 14.7 Å². The molecule has 0 saturated carbocycles. The molecular weight excluding hydrogens is 182 g/mol. The molecule has 1 aliphatic rings. The summed E-state index contributed by atoms with van der Waals surface area (Å²) in [4.78, 5) is 23.8. The van der Waals surface area contributed by atoms with E-state index in [4.69, 9.17) is 5.11 Å². The summed E-state index contributed by atoms with van der Waals surface area (Å²) in [5, 5.41) is 8.84. The molecule has 4 heteroatoms. The van der Waals surface area contributed by atoms with Gasteiger partial charge in [0, 0.05) is 32.0 Å². The topological polar surface area (TPSA) is 57.6 Å². The highest BCUT2D eigenvalue weighted by Crippen LogP contribution is 2.15. The molecule has 0 aliphatic carbocycles. The van der Waals surface area contributed by atoms with Crippen LogP contribution >= 0.6 is 0 Å².